The molecule has 0 atom stereocenters. The molecule has 0 radical (unpaired) electrons. The highest BCUT2D eigenvalue weighted by Crippen LogP contribution is 2.29. The quantitative estimate of drug-likeness (QED) is 0.821. The summed E-state index contributed by atoms with van der Waals surface area (Å²) in [4.78, 5) is 0. The molecule has 0 aliphatic carbocycles. The number of rotatable bonds is 2. The molecule has 0 aliphatic heterocycles. The molecule has 88 valence electrons. The van der Waals surface area contributed by atoms with Crippen molar-refractivity contribution in [3.05, 3.63) is 52.5 Å². The molecule has 17 heavy (non-hydrogen) atoms. The third kappa shape index (κ3) is 2.74. The van der Waals surface area contributed by atoms with Crippen LogP contribution in [0.2, 0.25) is 0 Å². The summed E-state index contributed by atoms with van der Waals surface area (Å²) >= 11 is 3.07. The second-order valence-corrected chi connectivity index (χ2v) is 4.34. The van der Waals surface area contributed by atoms with Gasteiger partial charge in [-0.15, -0.1) is 0 Å². The number of anilines is 3. The van der Waals surface area contributed by atoms with Crippen molar-refractivity contribution in [3.8, 4) is 0 Å². The molecule has 0 fully saturated rings. The van der Waals surface area contributed by atoms with Gasteiger partial charge >= 0.3 is 0 Å². The first kappa shape index (κ1) is 11.9. The van der Waals surface area contributed by atoms with E-state index < -0.39 is 5.82 Å². The fourth-order valence-electron chi connectivity index (χ4n) is 1.36. The molecule has 0 heterocycles. The van der Waals surface area contributed by atoms with Gasteiger partial charge in [0, 0.05) is 11.8 Å². The van der Waals surface area contributed by atoms with E-state index in [1.165, 1.54) is 24.3 Å². The van der Waals surface area contributed by atoms with Gasteiger partial charge in [-0.1, -0.05) is 0 Å². The minimum Gasteiger partial charge on any atom is -0.397 e. The van der Waals surface area contributed by atoms with Crippen LogP contribution in [0.25, 0.3) is 0 Å². The third-order valence-electron chi connectivity index (χ3n) is 2.22. The summed E-state index contributed by atoms with van der Waals surface area (Å²) in [6.07, 6.45) is 0. The van der Waals surface area contributed by atoms with Gasteiger partial charge in [-0.2, -0.15) is 0 Å². The van der Waals surface area contributed by atoms with Crippen LogP contribution in [0.15, 0.2) is 40.9 Å². The van der Waals surface area contributed by atoms with E-state index >= 15 is 0 Å². The van der Waals surface area contributed by atoms with Gasteiger partial charge in [0.1, 0.15) is 11.6 Å². The summed E-state index contributed by atoms with van der Waals surface area (Å²) < 4.78 is 26.2. The largest absolute Gasteiger partial charge is 0.397 e. The first-order valence-corrected chi connectivity index (χ1v) is 5.62. The Bertz CT molecular complexity index is 541. The zero-order valence-corrected chi connectivity index (χ0v) is 10.3. The zero-order valence-electron chi connectivity index (χ0n) is 8.68. The van der Waals surface area contributed by atoms with Crippen molar-refractivity contribution in [3.63, 3.8) is 0 Å². The van der Waals surface area contributed by atoms with E-state index in [0.717, 1.165) is 0 Å². The molecule has 0 unspecified atom stereocenters. The van der Waals surface area contributed by atoms with Gasteiger partial charge < -0.3 is 11.1 Å². The number of hydrogen-bond acceptors (Lipinski definition) is 2. The first-order chi connectivity index (χ1) is 8.06. The number of nitrogens with one attached hydrogen (secondary N) is 1. The highest BCUT2D eigenvalue weighted by Gasteiger charge is 2.06. The Labute approximate surface area is 106 Å². The molecule has 0 aliphatic rings. The standard InChI is InChI=1S/C12H9BrF2N2/c13-9-5-12(11(16)6-10(9)15)17-8-3-1-7(14)2-4-8/h1-6,17H,16H2. The Morgan fingerprint density at radius 2 is 1.71 bits per heavy atom. The number of hydrogen-bond donors (Lipinski definition) is 2. The van der Waals surface area contributed by atoms with Crippen molar-refractivity contribution in [1.82, 2.24) is 0 Å². The molecule has 0 spiro atoms. The van der Waals surface area contributed by atoms with Gasteiger partial charge in [-0.25, -0.2) is 8.78 Å². The predicted octanol–water partition coefficient (Wildman–Crippen LogP) is 4.05. The van der Waals surface area contributed by atoms with Crippen molar-refractivity contribution >= 4 is 33.0 Å². The molecular weight excluding hydrogens is 290 g/mol. The van der Waals surface area contributed by atoms with E-state index in [1.807, 2.05) is 0 Å². The molecule has 0 saturated carbocycles. The smallest absolute Gasteiger partial charge is 0.139 e. The predicted molar refractivity (Wildman–Crippen MR) is 68.2 cm³/mol. The van der Waals surface area contributed by atoms with Crippen LogP contribution >= 0.6 is 15.9 Å². The highest BCUT2D eigenvalue weighted by atomic mass is 79.9. The van der Waals surface area contributed by atoms with Crippen LogP contribution in [-0.2, 0) is 0 Å². The van der Waals surface area contributed by atoms with E-state index in [1.54, 1.807) is 12.1 Å². The molecule has 2 aromatic carbocycles. The Kier molecular flexibility index (Phi) is 3.28. The lowest BCUT2D eigenvalue weighted by Crippen LogP contribution is -1.97. The lowest BCUT2D eigenvalue weighted by molar-refractivity contribution is 0.622. The monoisotopic (exact) mass is 298 g/mol. The second kappa shape index (κ2) is 4.71. The summed E-state index contributed by atoms with van der Waals surface area (Å²) in [5, 5.41) is 2.98. The topological polar surface area (TPSA) is 38.0 Å². The van der Waals surface area contributed by atoms with E-state index in [4.69, 9.17) is 5.73 Å². The maximum absolute atomic E-state index is 13.1. The summed E-state index contributed by atoms with van der Waals surface area (Å²) in [5.74, 6) is -0.740. The molecular formula is C12H9BrF2N2. The van der Waals surface area contributed by atoms with Gasteiger partial charge in [0.15, 0.2) is 0 Å². The second-order valence-electron chi connectivity index (χ2n) is 3.49. The van der Waals surface area contributed by atoms with Crippen molar-refractivity contribution in [2.45, 2.75) is 0 Å². The van der Waals surface area contributed by atoms with Crippen LogP contribution in [0.3, 0.4) is 0 Å². The van der Waals surface area contributed by atoms with E-state index in [2.05, 4.69) is 21.2 Å². The third-order valence-corrected chi connectivity index (χ3v) is 2.82. The maximum Gasteiger partial charge on any atom is 0.139 e. The van der Waals surface area contributed by atoms with Crippen LogP contribution in [-0.4, -0.2) is 0 Å². The summed E-state index contributed by atoms with van der Waals surface area (Å²) in [6, 6.07) is 8.57. The summed E-state index contributed by atoms with van der Waals surface area (Å²) in [6.45, 7) is 0. The van der Waals surface area contributed by atoms with Gasteiger partial charge in [0.2, 0.25) is 0 Å². The molecule has 3 N–H and O–H groups in total. The van der Waals surface area contributed by atoms with Crippen LogP contribution in [0, 0.1) is 11.6 Å². The van der Waals surface area contributed by atoms with Crippen LogP contribution in [0.5, 0.6) is 0 Å². The Balaban J connectivity index is 2.30. The summed E-state index contributed by atoms with van der Waals surface area (Å²) in [5.41, 5.74) is 7.20. The Morgan fingerprint density at radius 1 is 1.06 bits per heavy atom. The molecule has 2 rings (SSSR count). The van der Waals surface area contributed by atoms with E-state index in [9.17, 15) is 8.78 Å². The maximum atomic E-state index is 13.1. The van der Waals surface area contributed by atoms with Gasteiger partial charge in [-0.05, 0) is 46.3 Å². The fraction of sp³-hybridized carbons (Fsp3) is 0. The molecule has 2 nitrogen and oxygen atoms in total. The molecule has 0 amide bonds. The minimum atomic E-state index is -0.424. The molecule has 0 bridgehead atoms. The lowest BCUT2D eigenvalue weighted by atomic mass is 10.2. The van der Waals surface area contributed by atoms with Gasteiger partial charge in [-0.3, -0.25) is 0 Å². The highest BCUT2D eigenvalue weighted by molar-refractivity contribution is 9.10. The van der Waals surface area contributed by atoms with Crippen molar-refractivity contribution in [2.75, 3.05) is 11.1 Å². The van der Waals surface area contributed by atoms with Gasteiger partial charge in [0.05, 0.1) is 15.8 Å². The average Bonchev–Trinajstić information content (AvgIpc) is 2.29. The van der Waals surface area contributed by atoms with Crippen LogP contribution in [0.4, 0.5) is 25.8 Å². The number of nitrogen functional groups attached to an aromatic ring is 1. The van der Waals surface area contributed by atoms with Gasteiger partial charge in [0.25, 0.3) is 0 Å². The molecule has 2 aromatic rings. The van der Waals surface area contributed by atoms with Crippen molar-refractivity contribution < 1.29 is 8.78 Å². The SMILES string of the molecule is Nc1cc(F)c(Br)cc1Nc1ccc(F)cc1. The molecule has 0 saturated heterocycles. The molecule has 5 heteroatoms. The number of benzene rings is 2. The van der Waals surface area contributed by atoms with Crippen molar-refractivity contribution in [2.24, 2.45) is 0 Å². The minimum absolute atomic E-state index is 0.287. The fourth-order valence-corrected chi connectivity index (χ4v) is 1.70. The molecule has 0 aromatic heterocycles. The normalized spacial score (nSPS) is 10.3. The summed E-state index contributed by atoms with van der Waals surface area (Å²) in [7, 11) is 0. The average molecular weight is 299 g/mol. The Morgan fingerprint density at radius 3 is 2.35 bits per heavy atom. The lowest BCUT2D eigenvalue weighted by Gasteiger charge is -2.10. The van der Waals surface area contributed by atoms with Crippen LogP contribution < -0.4 is 11.1 Å². The van der Waals surface area contributed by atoms with Crippen molar-refractivity contribution in [1.29, 1.82) is 0 Å². The van der Waals surface area contributed by atoms with E-state index in [0.29, 0.717) is 15.8 Å². The van der Waals surface area contributed by atoms with E-state index in [-0.39, 0.29) is 11.5 Å². The number of halogens is 3. The van der Waals surface area contributed by atoms with Crippen LogP contribution in [0.1, 0.15) is 0 Å². The number of nitrogens with two attached hydrogens (primary N) is 1. The zero-order chi connectivity index (χ0) is 12.4. The first-order valence-electron chi connectivity index (χ1n) is 4.83. The Hall–Kier alpha value is -1.62.